The lowest BCUT2D eigenvalue weighted by Crippen LogP contribution is -2.57. The second-order valence-corrected chi connectivity index (χ2v) is 26.1. The summed E-state index contributed by atoms with van der Waals surface area (Å²) in [6, 6.07) is 27.0. The molecular formula is C36H53NO3Si3. The highest BCUT2D eigenvalue weighted by Crippen LogP contribution is 2.30. The third-order valence-electron chi connectivity index (χ3n) is 7.60. The fourth-order valence-electron chi connectivity index (χ4n) is 5.78. The number of ether oxygens (including phenoxy) is 1. The molecule has 3 rings (SSSR count). The third-order valence-corrected chi connectivity index (χ3v) is 18.0. The van der Waals surface area contributed by atoms with Crippen molar-refractivity contribution in [3.8, 4) is 34.1 Å². The zero-order valence-electron chi connectivity index (χ0n) is 27.8. The molecule has 0 saturated heterocycles. The lowest BCUT2D eigenvalue weighted by molar-refractivity contribution is 0.226. The van der Waals surface area contributed by atoms with Gasteiger partial charge in [0.1, 0.15) is 11.5 Å². The van der Waals surface area contributed by atoms with Gasteiger partial charge in [-0.25, -0.2) is 0 Å². The lowest BCUT2D eigenvalue weighted by atomic mass is 10.00. The molecule has 0 saturated carbocycles. The van der Waals surface area contributed by atoms with Gasteiger partial charge in [-0.15, -0.1) is 0 Å². The van der Waals surface area contributed by atoms with Crippen molar-refractivity contribution in [2.45, 2.75) is 110 Å². The summed E-state index contributed by atoms with van der Waals surface area (Å²) in [5.74, 6) is 0.903. The van der Waals surface area contributed by atoms with Gasteiger partial charge in [-0.1, -0.05) is 100 Å². The van der Waals surface area contributed by atoms with Crippen molar-refractivity contribution in [1.29, 1.82) is 5.26 Å². The zero-order chi connectivity index (χ0) is 31.5. The molecule has 0 aliphatic carbocycles. The first-order valence-electron chi connectivity index (χ1n) is 16.1. The number of hydrogen-bond acceptors (Lipinski definition) is 4. The summed E-state index contributed by atoms with van der Waals surface area (Å²) >= 11 is 0. The minimum Gasteiger partial charge on any atom is -0.491 e. The Morgan fingerprint density at radius 1 is 0.605 bits per heavy atom. The van der Waals surface area contributed by atoms with E-state index >= 15 is 0 Å². The van der Waals surface area contributed by atoms with Gasteiger partial charge < -0.3 is 13.0 Å². The van der Waals surface area contributed by atoms with Crippen molar-refractivity contribution in [3.63, 3.8) is 0 Å². The molecule has 43 heavy (non-hydrogen) atoms. The molecule has 4 nitrogen and oxygen atoms in total. The first kappa shape index (κ1) is 35.0. The fourth-order valence-corrected chi connectivity index (χ4v) is 19.1. The Labute approximate surface area is 264 Å². The van der Waals surface area contributed by atoms with Crippen LogP contribution < -0.4 is 4.74 Å². The summed E-state index contributed by atoms with van der Waals surface area (Å²) in [5, 5.41) is 9.07. The van der Waals surface area contributed by atoms with Crippen molar-refractivity contribution in [1.82, 2.24) is 0 Å². The molecule has 0 bridgehead atoms. The molecule has 0 N–H and O–H groups in total. The van der Waals surface area contributed by atoms with Crippen LogP contribution in [0.4, 0.5) is 0 Å². The fraction of sp³-hybridized carbons (Fsp3) is 0.472. The van der Waals surface area contributed by atoms with Crippen molar-refractivity contribution in [3.05, 3.63) is 78.4 Å². The Bertz CT molecular complexity index is 1290. The van der Waals surface area contributed by atoms with E-state index in [1.165, 1.54) is 38.5 Å². The normalized spacial score (nSPS) is 13.0. The highest BCUT2D eigenvalue weighted by atomic mass is 28.5. The van der Waals surface area contributed by atoms with Crippen molar-refractivity contribution in [2.75, 3.05) is 0 Å². The predicted octanol–water partition coefficient (Wildman–Crippen LogP) is 11.1. The van der Waals surface area contributed by atoms with Crippen LogP contribution in [0, 0.1) is 11.3 Å². The average molecular weight is 632 g/mol. The lowest BCUT2D eigenvalue weighted by Gasteiger charge is -2.41. The smallest absolute Gasteiger partial charge is 0.311 e. The van der Waals surface area contributed by atoms with Gasteiger partial charge in [0.25, 0.3) is 0 Å². The Morgan fingerprint density at radius 3 is 1.51 bits per heavy atom. The van der Waals surface area contributed by atoms with Gasteiger partial charge in [0, 0.05) is 0 Å². The number of unbranched alkanes of at least 4 members (excludes halogenated alkanes) is 6. The summed E-state index contributed by atoms with van der Waals surface area (Å²) in [7, 11) is -6.22. The topological polar surface area (TPSA) is 51.5 Å². The number of benzene rings is 3. The van der Waals surface area contributed by atoms with E-state index in [0.717, 1.165) is 40.8 Å². The Hall–Kier alpha value is -2.48. The van der Waals surface area contributed by atoms with Crippen LogP contribution in [0.1, 0.15) is 63.9 Å². The third kappa shape index (κ3) is 11.9. The summed E-state index contributed by atoms with van der Waals surface area (Å²) in [6.45, 7) is 18.0. The highest BCUT2D eigenvalue weighted by molar-refractivity contribution is 6.87. The van der Waals surface area contributed by atoms with Crippen LogP contribution in [0.15, 0.2) is 72.8 Å². The number of nitrogens with zero attached hydrogens (tertiary/aromatic N) is 1. The molecule has 0 spiro atoms. The molecule has 0 amide bonds. The molecule has 1 unspecified atom stereocenters. The van der Waals surface area contributed by atoms with Gasteiger partial charge in [0.05, 0.1) is 11.6 Å². The summed E-state index contributed by atoms with van der Waals surface area (Å²) in [5.41, 5.74) is 5.31. The average Bonchev–Trinajstić information content (AvgIpc) is 2.94. The summed E-state index contributed by atoms with van der Waals surface area (Å²) in [4.78, 5) is 0. The van der Waals surface area contributed by atoms with Crippen LogP contribution in [0.5, 0.6) is 5.75 Å². The van der Waals surface area contributed by atoms with E-state index in [9.17, 15) is 0 Å². The van der Waals surface area contributed by atoms with Crippen LogP contribution in [0.2, 0.25) is 45.8 Å². The quantitative estimate of drug-likeness (QED) is 0.110. The van der Waals surface area contributed by atoms with Crippen molar-refractivity contribution < 1.29 is 13.0 Å². The zero-order valence-corrected chi connectivity index (χ0v) is 30.8. The molecule has 1 atom stereocenters. The van der Waals surface area contributed by atoms with Gasteiger partial charge in [0.15, 0.2) is 8.32 Å². The molecular weight excluding hydrogens is 579 g/mol. The van der Waals surface area contributed by atoms with E-state index in [4.69, 9.17) is 18.2 Å². The minimum absolute atomic E-state index is 0.0673. The van der Waals surface area contributed by atoms with Gasteiger partial charge in [0.2, 0.25) is 8.32 Å². The molecule has 3 aromatic carbocycles. The van der Waals surface area contributed by atoms with E-state index in [0.29, 0.717) is 5.56 Å². The van der Waals surface area contributed by atoms with Gasteiger partial charge >= 0.3 is 8.56 Å². The Kier molecular flexibility index (Phi) is 13.0. The molecule has 0 aromatic heterocycles. The monoisotopic (exact) mass is 631 g/mol. The van der Waals surface area contributed by atoms with Crippen LogP contribution in [-0.2, 0) is 8.23 Å². The maximum absolute atomic E-state index is 9.07. The van der Waals surface area contributed by atoms with E-state index < -0.39 is 25.2 Å². The van der Waals surface area contributed by atoms with Gasteiger partial charge in [-0.3, -0.25) is 0 Å². The van der Waals surface area contributed by atoms with Crippen LogP contribution in [-0.4, -0.2) is 30.9 Å². The molecule has 0 aliphatic rings. The van der Waals surface area contributed by atoms with Crippen LogP contribution in [0.25, 0.3) is 22.3 Å². The van der Waals surface area contributed by atoms with E-state index in [1.807, 2.05) is 24.3 Å². The largest absolute Gasteiger partial charge is 0.491 e. The summed E-state index contributed by atoms with van der Waals surface area (Å²) in [6.07, 6.45) is 10.0. The molecule has 232 valence electrons. The first-order valence-corrected chi connectivity index (χ1v) is 25.3. The maximum atomic E-state index is 9.07. The highest BCUT2D eigenvalue weighted by Gasteiger charge is 2.43. The summed E-state index contributed by atoms with van der Waals surface area (Å²) < 4.78 is 20.3. The van der Waals surface area contributed by atoms with E-state index in [1.54, 1.807) is 0 Å². The van der Waals surface area contributed by atoms with Gasteiger partial charge in [-0.05, 0) is 98.8 Å². The number of hydrogen-bond donors (Lipinski definition) is 0. The molecule has 3 aromatic rings. The van der Waals surface area contributed by atoms with Crippen molar-refractivity contribution in [2.24, 2.45) is 0 Å². The van der Waals surface area contributed by atoms with Crippen LogP contribution >= 0.6 is 0 Å². The van der Waals surface area contributed by atoms with E-state index in [-0.39, 0.29) is 5.73 Å². The Balaban J connectivity index is 1.70. The molecule has 0 heterocycles. The molecule has 0 fully saturated rings. The first-order chi connectivity index (χ1) is 20.3. The van der Waals surface area contributed by atoms with Crippen molar-refractivity contribution >= 4 is 25.2 Å². The van der Waals surface area contributed by atoms with Crippen LogP contribution in [0.3, 0.4) is 0 Å². The van der Waals surface area contributed by atoms with E-state index in [2.05, 4.69) is 107 Å². The predicted molar refractivity (Wildman–Crippen MR) is 190 cm³/mol. The second kappa shape index (κ2) is 16.0. The minimum atomic E-state index is -2.28. The molecule has 0 radical (unpaired) electrons. The standard InChI is InChI=1S/C36H53NO3Si3/c1-9-10-11-12-13-14-15-16-36(42(5,6)40-43(7,8)39-41(2,3)4)38-35-27-25-34(26-28-35)33-23-21-32(22-24-33)31-19-17-30(29-37)18-20-31/h17-28,36H,9-16H2,1-8H3. The van der Waals surface area contributed by atoms with Gasteiger partial charge in [-0.2, -0.15) is 5.26 Å². The Morgan fingerprint density at radius 2 is 1.05 bits per heavy atom. The number of nitriles is 1. The number of rotatable bonds is 17. The SMILES string of the molecule is CCCCCCCCCC(Oc1ccc(-c2ccc(-c3ccc(C#N)cc3)cc2)cc1)[Si](C)(C)O[Si](C)(C)O[Si](C)(C)C. The maximum Gasteiger partial charge on any atom is 0.311 e. The second-order valence-electron chi connectivity index (χ2n) is 13.6. The molecule has 0 aliphatic heterocycles. The molecule has 7 heteroatoms.